The lowest BCUT2D eigenvalue weighted by atomic mass is 10.2. The van der Waals surface area contributed by atoms with Gasteiger partial charge in [-0.1, -0.05) is 18.2 Å². The molecular weight excluding hydrogens is 208 g/mol. The molecule has 5 nitrogen and oxygen atoms in total. The summed E-state index contributed by atoms with van der Waals surface area (Å²) in [6.07, 6.45) is 1.33. The summed E-state index contributed by atoms with van der Waals surface area (Å²) < 4.78 is 1.29. The molecule has 0 fully saturated rings. The number of para-hydroxylation sites is 1. The third-order valence-electron chi connectivity index (χ3n) is 2.38. The van der Waals surface area contributed by atoms with Gasteiger partial charge >= 0.3 is 12.0 Å². The van der Waals surface area contributed by atoms with E-state index >= 15 is 0 Å². The van der Waals surface area contributed by atoms with Gasteiger partial charge in [0, 0.05) is 18.6 Å². The minimum absolute atomic E-state index is 0.124. The standard InChI is InChI=1S/C11H10N2O3/c1-12-11(16)13-6-8(10(14)15)7-4-2-3-5-9(7)13/h2-6H,1H3,(H,12,16)(H,14,15). The maximum atomic E-state index is 11.5. The Hall–Kier alpha value is -2.30. The van der Waals surface area contributed by atoms with Gasteiger partial charge in [0.05, 0.1) is 11.1 Å². The smallest absolute Gasteiger partial charge is 0.337 e. The molecular formula is C11H10N2O3. The summed E-state index contributed by atoms with van der Waals surface area (Å²) in [6, 6.07) is 6.52. The van der Waals surface area contributed by atoms with Crippen LogP contribution in [0.3, 0.4) is 0 Å². The molecule has 0 radical (unpaired) electrons. The van der Waals surface area contributed by atoms with Crippen molar-refractivity contribution in [3.8, 4) is 0 Å². The first-order valence-corrected chi connectivity index (χ1v) is 4.70. The number of carbonyl (C=O) groups is 2. The Kier molecular flexibility index (Phi) is 2.36. The van der Waals surface area contributed by atoms with Crippen molar-refractivity contribution in [3.63, 3.8) is 0 Å². The highest BCUT2D eigenvalue weighted by atomic mass is 16.4. The summed E-state index contributed by atoms with van der Waals surface area (Å²) >= 11 is 0. The van der Waals surface area contributed by atoms with Gasteiger partial charge in [0.2, 0.25) is 0 Å². The second-order valence-electron chi connectivity index (χ2n) is 3.29. The van der Waals surface area contributed by atoms with Gasteiger partial charge in [0.15, 0.2) is 0 Å². The molecule has 0 saturated carbocycles. The van der Waals surface area contributed by atoms with E-state index in [2.05, 4.69) is 5.32 Å². The summed E-state index contributed by atoms with van der Waals surface area (Å²) in [5.74, 6) is -1.04. The van der Waals surface area contributed by atoms with E-state index in [0.717, 1.165) is 0 Å². The normalized spacial score (nSPS) is 10.3. The quantitative estimate of drug-likeness (QED) is 0.762. The van der Waals surface area contributed by atoms with Crippen LogP contribution in [0.2, 0.25) is 0 Å². The number of hydrogen-bond acceptors (Lipinski definition) is 2. The maximum Gasteiger partial charge on any atom is 0.337 e. The molecule has 0 aliphatic heterocycles. The number of carboxylic acids is 1. The number of aromatic carboxylic acids is 1. The van der Waals surface area contributed by atoms with E-state index in [1.807, 2.05) is 0 Å². The summed E-state index contributed by atoms with van der Waals surface area (Å²) in [5.41, 5.74) is 0.707. The summed E-state index contributed by atoms with van der Waals surface area (Å²) in [7, 11) is 1.50. The topological polar surface area (TPSA) is 71.3 Å². The van der Waals surface area contributed by atoms with Crippen molar-refractivity contribution in [2.45, 2.75) is 0 Å². The van der Waals surface area contributed by atoms with Crippen LogP contribution in [0.15, 0.2) is 30.5 Å². The Morgan fingerprint density at radius 1 is 1.31 bits per heavy atom. The first-order valence-electron chi connectivity index (χ1n) is 4.70. The average Bonchev–Trinajstić information content (AvgIpc) is 2.67. The first-order chi connectivity index (χ1) is 7.65. The van der Waals surface area contributed by atoms with Crippen LogP contribution in [0, 0.1) is 0 Å². The van der Waals surface area contributed by atoms with Gasteiger partial charge in [0.25, 0.3) is 0 Å². The van der Waals surface area contributed by atoms with Crippen molar-refractivity contribution in [2.24, 2.45) is 0 Å². The zero-order valence-corrected chi connectivity index (χ0v) is 8.60. The molecule has 1 heterocycles. The predicted octanol–water partition coefficient (Wildman–Crippen LogP) is 1.53. The van der Waals surface area contributed by atoms with Gasteiger partial charge in [0.1, 0.15) is 0 Å². The Balaban J connectivity index is 2.76. The number of carboxylic acid groups (broad SMARTS) is 1. The lowest BCUT2D eigenvalue weighted by Crippen LogP contribution is -2.23. The average molecular weight is 218 g/mol. The molecule has 1 aromatic carbocycles. The minimum atomic E-state index is -1.04. The fourth-order valence-electron chi connectivity index (χ4n) is 1.64. The first kappa shape index (κ1) is 10.2. The van der Waals surface area contributed by atoms with Crippen LogP contribution in [0.1, 0.15) is 10.4 Å². The van der Waals surface area contributed by atoms with Crippen LogP contribution in [0.5, 0.6) is 0 Å². The van der Waals surface area contributed by atoms with Crippen LogP contribution < -0.4 is 5.32 Å². The SMILES string of the molecule is CNC(=O)n1cc(C(=O)O)c2ccccc21. The zero-order chi connectivity index (χ0) is 11.7. The molecule has 0 spiro atoms. The van der Waals surface area contributed by atoms with E-state index < -0.39 is 5.97 Å². The maximum absolute atomic E-state index is 11.5. The lowest BCUT2D eigenvalue weighted by molar-refractivity contribution is 0.0699. The third kappa shape index (κ3) is 1.42. The fraction of sp³-hybridized carbons (Fsp3) is 0.0909. The number of hydrogen-bond donors (Lipinski definition) is 2. The fourth-order valence-corrected chi connectivity index (χ4v) is 1.64. The highest BCUT2D eigenvalue weighted by Crippen LogP contribution is 2.20. The van der Waals surface area contributed by atoms with Crippen molar-refractivity contribution in [3.05, 3.63) is 36.0 Å². The van der Waals surface area contributed by atoms with Crippen LogP contribution >= 0.6 is 0 Å². The molecule has 0 bridgehead atoms. The van der Waals surface area contributed by atoms with E-state index in [-0.39, 0.29) is 11.6 Å². The lowest BCUT2D eigenvalue weighted by Gasteiger charge is -2.01. The molecule has 1 aromatic heterocycles. The van der Waals surface area contributed by atoms with Gasteiger partial charge in [-0.3, -0.25) is 4.57 Å². The highest BCUT2D eigenvalue weighted by molar-refractivity contribution is 6.06. The number of benzene rings is 1. The van der Waals surface area contributed by atoms with Gasteiger partial charge in [-0.2, -0.15) is 0 Å². The van der Waals surface area contributed by atoms with Crippen LogP contribution in [-0.4, -0.2) is 28.7 Å². The van der Waals surface area contributed by atoms with E-state index in [9.17, 15) is 9.59 Å². The van der Waals surface area contributed by atoms with Crippen molar-refractivity contribution in [1.82, 2.24) is 9.88 Å². The molecule has 0 unspecified atom stereocenters. The molecule has 2 rings (SSSR count). The third-order valence-corrected chi connectivity index (χ3v) is 2.38. The Morgan fingerprint density at radius 2 is 2.00 bits per heavy atom. The molecule has 16 heavy (non-hydrogen) atoms. The van der Waals surface area contributed by atoms with Crippen LogP contribution in [0.4, 0.5) is 4.79 Å². The summed E-state index contributed by atoms with van der Waals surface area (Å²) in [6.45, 7) is 0. The van der Waals surface area contributed by atoms with Crippen molar-refractivity contribution < 1.29 is 14.7 Å². The molecule has 0 aliphatic rings. The predicted molar refractivity (Wildman–Crippen MR) is 58.8 cm³/mol. The number of nitrogens with zero attached hydrogens (tertiary/aromatic N) is 1. The van der Waals surface area contributed by atoms with Gasteiger partial charge < -0.3 is 10.4 Å². The zero-order valence-electron chi connectivity index (χ0n) is 8.60. The Bertz CT molecular complexity index is 572. The molecule has 0 saturated heterocycles. The van der Waals surface area contributed by atoms with Crippen LogP contribution in [-0.2, 0) is 0 Å². The van der Waals surface area contributed by atoms with Crippen molar-refractivity contribution in [1.29, 1.82) is 0 Å². The Labute approximate surface area is 91.3 Å². The number of amides is 1. The summed E-state index contributed by atoms with van der Waals surface area (Å²) in [4.78, 5) is 22.5. The Morgan fingerprint density at radius 3 is 2.62 bits per heavy atom. The molecule has 82 valence electrons. The molecule has 0 atom stereocenters. The molecule has 1 amide bonds. The van der Waals surface area contributed by atoms with Gasteiger partial charge in [-0.15, -0.1) is 0 Å². The molecule has 2 aromatic rings. The van der Waals surface area contributed by atoms with Crippen molar-refractivity contribution >= 4 is 22.9 Å². The van der Waals surface area contributed by atoms with E-state index in [4.69, 9.17) is 5.11 Å². The van der Waals surface area contributed by atoms with Gasteiger partial charge in [-0.25, -0.2) is 9.59 Å². The monoisotopic (exact) mass is 218 g/mol. The second kappa shape index (κ2) is 3.69. The number of rotatable bonds is 1. The summed E-state index contributed by atoms with van der Waals surface area (Å²) in [5, 5.41) is 12.0. The number of nitrogens with one attached hydrogen (secondary N) is 1. The van der Waals surface area contributed by atoms with E-state index in [1.165, 1.54) is 17.8 Å². The van der Waals surface area contributed by atoms with E-state index in [1.54, 1.807) is 24.3 Å². The molecule has 5 heteroatoms. The van der Waals surface area contributed by atoms with Crippen molar-refractivity contribution in [2.75, 3.05) is 7.05 Å². The van der Waals surface area contributed by atoms with Gasteiger partial charge in [-0.05, 0) is 6.07 Å². The highest BCUT2D eigenvalue weighted by Gasteiger charge is 2.16. The number of fused-ring (bicyclic) bond motifs is 1. The number of carbonyl (C=O) groups excluding carboxylic acids is 1. The minimum Gasteiger partial charge on any atom is -0.478 e. The molecule has 0 aliphatic carbocycles. The molecule has 2 N–H and O–H groups in total. The largest absolute Gasteiger partial charge is 0.478 e. The second-order valence-corrected chi connectivity index (χ2v) is 3.29. The van der Waals surface area contributed by atoms with Crippen LogP contribution in [0.25, 0.3) is 10.9 Å². The van der Waals surface area contributed by atoms with E-state index in [0.29, 0.717) is 10.9 Å². The number of aromatic nitrogens is 1.